The molecule has 4 aliphatic rings. The van der Waals surface area contributed by atoms with Gasteiger partial charge in [-0.1, -0.05) is 127 Å². The van der Waals surface area contributed by atoms with Crippen LogP contribution in [0.2, 0.25) is 0 Å². The van der Waals surface area contributed by atoms with Crippen molar-refractivity contribution < 1.29 is 139 Å². The van der Waals surface area contributed by atoms with Gasteiger partial charge in [-0.2, -0.15) is 124 Å². The normalized spacial score (nSPS) is 14.6. The third-order valence-electron chi connectivity index (χ3n) is 23.0. The van der Waals surface area contributed by atoms with Crippen LogP contribution in [0.1, 0.15) is 78.1 Å². The fraction of sp³-hybridized carbons (Fsp3) is 0.289. The summed E-state index contributed by atoms with van der Waals surface area (Å²) in [4.78, 5) is 48.3. The van der Waals surface area contributed by atoms with E-state index >= 15 is 0 Å². The second-order valence-electron chi connectivity index (χ2n) is 31.6. The summed E-state index contributed by atoms with van der Waals surface area (Å²) in [6.07, 6.45) is -42.3. The van der Waals surface area contributed by atoms with E-state index in [9.17, 15) is 149 Å². The minimum Gasteiger partial charge on any atom is -0.369 e. The van der Waals surface area contributed by atoms with Crippen LogP contribution < -0.4 is 30.8 Å². The molecule has 0 saturated heterocycles. The maximum Gasteiger partial charge on any atom is 0.433 e. The zero-order valence-corrected chi connectivity index (χ0v) is 68.7. The lowest BCUT2D eigenvalue weighted by molar-refractivity contribution is -0.376. The van der Waals surface area contributed by atoms with Gasteiger partial charge in [-0.25, -0.2) is 4.79 Å². The highest BCUT2D eigenvalue weighted by molar-refractivity contribution is 5.74. The van der Waals surface area contributed by atoms with E-state index < -0.39 is 117 Å². The molecule has 0 spiro atoms. The molecule has 4 aliphatic heterocycles. The molecule has 8 heterocycles. The number of pyridine rings is 1. The van der Waals surface area contributed by atoms with Gasteiger partial charge in [0.1, 0.15) is 5.69 Å². The first kappa shape index (κ1) is 98.5. The van der Waals surface area contributed by atoms with Gasteiger partial charge >= 0.3 is 61.3 Å². The molecule has 0 amide bonds. The zero-order chi connectivity index (χ0) is 97.9. The van der Waals surface area contributed by atoms with Crippen LogP contribution in [0.3, 0.4) is 0 Å². The summed E-state index contributed by atoms with van der Waals surface area (Å²) >= 11 is 0. The Morgan fingerprint density at radius 1 is 0.351 bits per heavy atom. The highest BCUT2D eigenvalue weighted by Crippen LogP contribution is 2.55. The van der Waals surface area contributed by atoms with Crippen molar-refractivity contribution in [2.45, 2.75) is 137 Å². The number of aryl methyl sites for hydroxylation is 1. The minimum absolute atomic E-state index is 0.115. The molecule has 7 N–H and O–H groups in total. The first-order valence-electron chi connectivity index (χ1n) is 39.8. The lowest BCUT2D eigenvalue weighted by Gasteiger charge is -2.32. The van der Waals surface area contributed by atoms with Gasteiger partial charge in [0.15, 0.2) is 0 Å². The van der Waals surface area contributed by atoms with Crippen LogP contribution in [-0.4, -0.2) is 131 Å². The van der Waals surface area contributed by atoms with Crippen molar-refractivity contribution in [1.29, 1.82) is 0 Å². The monoisotopic (exact) mass is 1910 g/mol. The van der Waals surface area contributed by atoms with Crippen molar-refractivity contribution in [3.63, 3.8) is 0 Å². The largest absolute Gasteiger partial charge is 0.433 e. The van der Waals surface area contributed by atoms with Crippen LogP contribution in [0.25, 0.3) is 44.8 Å². The van der Waals surface area contributed by atoms with E-state index in [1.807, 2.05) is 81.3 Å². The summed E-state index contributed by atoms with van der Waals surface area (Å²) in [6, 6.07) is 41.5. The van der Waals surface area contributed by atoms with Gasteiger partial charge in [-0.15, -0.1) is 0 Å². The quantitative estimate of drug-likeness (QED) is 0.0447. The number of anilines is 4. The Kier molecular flexibility index (Phi) is 26.8. The number of nitrogens with one attached hydrogen (secondary N) is 3. The maximum absolute atomic E-state index is 13.2. The molecule has 0 radical (unpaired) electrons. The lowest BCUT2D eigenvalue weighted by atomic mass is 9.91. The minimum atomic E-state index is -5.97. The van der Waals surface area contributed by atoms with Crippen LogP contribution in [0, 0.1) is 6.92 Å². The zero-order valence-electron chi connectivity index (χ0n) is 68.7. The predicted octanol–water partition coefficient (Wildman–Crippen LogP) is 20.5. The SMILES string of the molecule is Cc1cccc(-c2ccc3c(c2)CCN3Cc2ccc(C(O)(C(F)(F)F)C(F)(F)F)cc2)n1.O=c1[nH]cc(-c2ccc3c(c2)CCN3Cc2ccc(C(O)(C(F)(F)F)C(F)(F)F)cc2)c(=O)[nH]1.OC(c1ccc(CN2CCc3cc(-c4cn[nH]c4C(F)(F)F)ccc32)cc1)(C(F)(F)F)C(F)(F)F.OC(c1ccc(CN2CCc3cc(-c4cnccn4)ccc32)cc1)(C(F)(F)F)C(F)(F)F. The summed E-state index contributed by atoms with van der Waals surface area (Å²) < 4.78 is 353. The Hall–Kier alpha value is -13.0. The van der Waals surface area contributed by atoms with E-state index in [0.717, 1.165) is 111 Å². The van der Waals surface area contributed by atoms with E-state index in [1.165, 1.54) is 36.5 Å². The van der Waals surface area contributed by atoms with Crippen LogP contribution in [0.5, 0.6) is 0 Å². The molecule has 4 aromatic heterocycles. The molecule has 8 aromatic carbocycles. The van der Waals surface area contributed by atoms with Crippen LogP contribution in [0.4, 0.5) is 141 Å². The highest BCUT2D eigenvalue weighted by Gasteiger charge is 2.74. The van der Waals surface area contributed by atoms with Crippen molar-refractivity contribution in [3.05, 3.63) is 318 Å². The van der Waals surface area contributed by atoms with E-state index in [0.29, 0.717) is 140 Å². The summed E-state index contributed by atoms with van der Waals surface area (Å²) in [7, 11) is 0. The Morgan fingerprint density at radius 2 is 0.657 bits per heavy atom. The van der Waals surface area contributed by atoms with Crippen molar-refractivity contribution in [2.75, 3.05) is 45.8 Å². The molecule has 0 fully saturated rings. The molecule has 0 atom stereocenters. The Morgan fingerprint density at radius 3 is 0.948 bits per heavy atom. The molecule has 16 rings (SSSR count). The summed E-state index contributed by atoms with van der Waals surface area (Å²) in [5.41, 5.74) is -12.7. The van der Waals surface area contributed by atoms with Gasteiger partial charge in [0.25, 0.3) is 28.0 Å². The lowest BCUT2D eigenvalue weighted by Crippen LogP contribution is -2.53. The molecule has 17 nitrogen and oxygen atoms in total. The number of nitrogens with zero attached hydrogens (tertiary/aromatic N) is 8. The van der Waals surface area contributed by atoms with Gasteiger partial charge in [0, 0.05) is 138 Å². The number of aliphatic hydroxyl groups is 4. The maximum atomic E-state index is 13.2. The summed E-state index contributed by atoms with van der Waals surface area (Å²) in [6.45, 7) is 5.15. The van der Waals surface area contributed by atoms with E-state index in [4.69, 9.17) is 0 Å². The summed E-state index contributed by atoms with van der Waals surface area (Å²) in [5, 5.41) is 43.5. The number of H-pyrrole nitrogens is 3. The van der Waals surface area contributed by atoms with Crippen molar-refractivity contribution in [2.24, 2.45) is 0 Å². The molecule has 0 aliphatic carbocycles. The molecule has 134 heavy (non-hydrogen) atoms. The van der Waals surface area contributed by atoms with Crippen LogP contribution >= 0.6 is 0 Å². The Labute approximate surface area is 739 Å². The molecule has 0 saturated carbocycles. The van der Waals surface area contributed by atoms with Gasteiger partial charge < -0.3 is 45.0 Å². The number of halogens is 27. The summed E-state index contributed by atoms with van der Waals surface area (Å²) in [5.74, 6) is 0. The highest BCUT2D eigenvalue weighted by atomic mass is 19.5. The number of rotatable bonds is 16. The second kappa shape index (κ2) is 36.4. The first-order valence-corrected chi connectivity index (χ1v) is 39.8. The fourth-order valence-electron chi connectivity index (χ4n) is 15.9. The van der Waals surface area contributed by atoms with Crippen LogP contribution in [0.15, 0.2) is 229 Å². The molecular weight excluding hydrogens is 1840 g/mol. The van der Waals surface area contributed by atoms with E-state index in [-0.39, 0.29) is 24.2 Å². The van der Waals surface area contributed by atoms with Gasteiger partial charge in [-0.05, 0) is 149 Å². The Balaban J connectivity index is 0.000000152. The smallest absolute Gasteiger partial charge is 0.369 e. The second-order valence-corrected chi connectivity index (χ2v) is 31.6. The van der Waals surface area contributed by atoms with Crippen molar-refractivity contribution in [1.82, 2.24) is 35.1 Å². The molecule has 0 unspecified atom stereocenters. The van der Waals surface area contributed by atoms with Gasteiger partial charge in [0.2, 0.25) is 0 Å². The van der Waals surface area contributed by atoms with Crippen molar-refractivity contribution >= 4 is 22.7 Å². The standard InChI is InChI=1S/C24H20F6N2O.C22H16F9N3O.C22H17F6N3O3.C22H17F6N3O/c1-15-3-2-4-20(31-15)17-7-10-21-18(13-17)11-12-32(21)14-16-5-8-19(9-6-16)22(33,23(25,26)27)24(28,29)30;23-20(24,25)18-16(10-32-33-18)13-3-6-17-14(9-13)7-8-34(17)11-12-1-4-15(5-2-12)19(35,21(26,27)28)22(29,30)31;23-21(24,25)20(34,22(26,27)28)15-4-1-12(2-5-15)11-31-8-7-14-9-13(3-6-17(14)31)16-10-29-19(33)30-18(16)32;23-21(24,25)20(32,22(26,27)28)17-4-1-14(2-5-17)13-31-10-7-16-11-15(3-6-19(16)31)18-12-29-8-9-30-18/h2-10,13,33H,11-12,14H2,1H3;1-6,9-10,35H,7-8,11H2,(H,32,33);1-6,9-10,34H,7-8,11H2,(H2,29,30,32,33);1-6,8-9,11-12,32H,7,10,13H2. The van der Waals surface area contributed by atoms with Crippen molar-refractivity contribution in [3.8, 4) is 44.8 Å². The van der Waals surface area contributed by atoms with Crippen LogP contribution in [-0.2, 0) is 80.4 Å². The average molecular weight is 1910 g/mol. The number of fused-ring (bicyclic) bond motifs is 4. The molecule has 0 bridgehead atoms. The Bertz CT molecular complexity index is 6250. The molecular formula is C90H70F27N11O6. The third-order valence-corrected chi connectivity index (χ3v) is 23.0. The molecule has 12 aromatic rings. The topological polar surface area (TPSA) is 227 Å². The van der Waals surface area contributed by atoms with Gasteiger partial charge in [0.05, 0.1) is 29.3 Å². The number of aromatic nitrogens is 7. The number of benzene rings is 8. The predicted molar refractivity (Wildman–Crippen MR) is 433 cm³/mol. The van der Waals surface area contributed by atoms with Gasteiger partial charge in [-0.3, -0.25) is 29.8 Å². The third kappa shape index (κ3) is 19.7. The molecule has 44 heteroatoms. The van der Waals surface area contributed by atoms with E-state index in [1.54, 1.807) is 53.8 Å². The van der Waals surface area contributed by atoms with E-state index in [2.05, 4.69) is 30.0 Å². The number of alkyl halides is 27. The number of hydrogen-bond donors (Lipinski definition) is 7. The average Bonchev–Trinajstić information content (AvgIpc) is 0.894. The fourth-order valence-corrected chi connectivity index (χ4v) is 15.9. The number of aromatic amines is 3. The number of hydrogen-bond acceptors (Lipinski definition) is 14. The first-order chi connectivity index (χ1) is 62.3. The molecule has 710 valence electrons.